The van der Waals surface area contributed by atoms with E-state index in [4.69, 9.17) is 5.73 Å². The molecule has 0 saturated heterocycles. The van der Waals surface area contributed by atoms with Crippen molar-refractivity contribution in [1.29, 1.82) is 0 Å². The average molecular weight is 287 g/mol. The molecule has 0 aliphatic carbocycles. The van der Waals surface area contributed by atoms with E-state index < -0.39 is 0 Å². The zero-order chi connectivity index (χ0) is 15.4. The number of nitrogens with one attached hydrogen (secondary N) is 2. The van der Waals surface area contributed by atoms with E-state index in [1.165, 1.54) is 12.1 Å². The van der Waals surface area contributed by atoms with Gasteiger partial charge in [-0.1, -0.05) is 12.1 Å². The van der Waals surface area contributed by atoms with Crippen LogP contribution in [0.5, 0.6) is 0 Å². The highest BCUT2D eigenvalue weighted by atomic mass is 19.1. The first kappa shape index (κ1) is 14.8. The quantitative estimate of drug-likeness (QED) is 0.757. The van der Waals surface area contributed by atoms with Crippen LogP contribution in [0, 0.1) is 5.82 Å². The van der Waals surface area contributed by atoms with Crippen molar-refractivity contribution in [2.45, 2.75) is 13.0 Å². The Labute approximate surface area is 123 Å². The first-order valence-electron chi connectivity index (χ1n) is 6.65. The Hall–Kier alpha value is -2.56. The van der Waals surface area contributed by atoms with E-state index in [2.05, 4.69) is 10.6 Å². The molecule has 1 unspecified atom stereocenters. The van der Waals surface area contributed by atoms with Crippen molar-refractivity contribution in [2.24, 2.45) is 0 Å². The van der Waals surface area contributed by atoms with Gasteiger partial charge in [0, 0.05) is 18.7 Å². The molecule has 4 nitrogen and oxygen atoms in total. The fourth-order valence-electron chi connectivity index (χ4n) is 2.05. The Kier molecular flexibility index (Phi) is 4.42. The molecule has 0 heterocycles. The highest BCUT2D eigenvalue weighted by Crippen LogP contribution is 2.25. The third-order valence-corrected chi connectivity index (χ3v) is 3.28. The van der Waals surface area contributed by atoms with Crippen molar-refractivity contribution < 1.29 is 9.18 Å². The fourth-order valence-corrected chi connectivity index (χ4v) is 2.05. The minimum absolute atomic E-state index is 0.0289. The molecule has 4 N–H and O–H groups in total. The van der Waals surface area contributed by atoms with Crippen molar-refractivity contribution in [2.75, 3.05) is 18.1 Å². The lowest BCUT2D eigenvalue weighted by atomic mass is 10.1. The first-order chi connectivity index (χ1) is 10.0. The van der Waals surface area contributed by atoms with Crippen molar-refractivity contribution in [3.8, 4) is 0 Å². The van der Waals surface area contributed by atoms with Crippen LogP contribution >= 0.6 is 0 Å². The average Bonchev–Trinajstić information content (AvgIpc) is 2.49. The van der Waals surface area contributed by atoms with Crippen molar-refractivity contribution in [3.63, 3.8) is 0 Å². The van der Waals surface area contributed by atoms with Gasteiger partial charge in [0.25, 0.3) is 5.91 Å². The molecule has 0 aliphatic heterocycles. The van der Waals surface area contributed by atoms with Gasteiger partial charge in [-0.3, -0.25) is 4.79 Å². The van der Waals surface area contributed by atoms with E-state index in [0.29, 0.717) is 11.3 Å². The summed E-state index contributed by atoms with van der Waals surface area (Å²) in [4.78, 5) is 11.5. The van der Waals surface area contributed by atoms with Gasteiger partial charge in [-0.15, -0.1) is 0 Å². The standard InChI is InChI=1S/C16H18FN3O/c1-10(11-3-6-13(17)7-4-11)20-15-8-5-12(9-14(15)18)16(21)19-2/h3-10,20H,18H2,1-2H3,(H,19,21). The Morgan fingerprint density at radius 1 is 1.19 bits per heavy atom. The number of nitrogens with two attached hydrogens (primary N) is 1. The maximum atomic E-state index is 12.9. The summed E-state index contributed by atoms with van der Waals surface area (Å²) in [6.07, 6.45) is 0. The van der Waals surface area contributed by atoms with Gasteiger partial charge < -0.3 is 16.4 Å². The second-order valence-corrected chi connectivity index (χ2v) is 4.80. The highest BCUT2D eigenvalue weighted by molar-refractivity contribution is 5.95. The van der Waals surface area contributed by atoms with Crippen LogP contribution in [0.25, 0.3) is 0 Å². The monoisotopic (exact) mass is 287 g/mol. The molecule has 1 atom stereocenters. The molecule has 0 saturated carbocycles. The van der Waals surface area contributed by atoms with E-state index in [1.807, 2.05) is 6.92 Å². The van der Waals surface area contributed by atoms with E-state index in [-0.39, 0.29) is 17.8 Å². The van der Waals surface area contributed by atoms with E-state index in [9.17, 15) is 9.18 Å². The second kappa shape index (κ2) is 6.26. The molecule has 0 aliphatic rings. The smallest absolute Gasteiger partial charge is 0.251 e. The molecule has 0 bridgehead atoms. The third-order valence-electron chi connectivity index (χ3n) is 3.28. The van der Waals surface area contributed by atoms with Crippen molar-refractivity contribution in [3.05, 3.63) is 59.4 Å². The van der Waals surface area contributed by atoms with E-state index in [1.54, 1.807) is 37.4 Å². The van der Waals surface area contributed by atoms with Crippen LogP contribution in [0.4, 0.5) is 15.8 Å². The number of anilines is 2. The van der Waals surface area contributed by atoms with Crippen LogP contribution in [-0.2, 0) is 0 Å². The molecular formula is C16H18FN3O. The summed E-state index contributed by atoms with van der Waals surface area (Å²) in [6, 6.07) is 11.4. The number of carbonyl (C=O) groups excluding carboxylic acids is 1. The number of hydrogen-bond acceptors (Lipinski definition) is 3. The lowest BCUT2D eigenvalue weighted by Crippen LogP contribution is -2.18. The predicted molar refractivity (Wildman–Crippen MR) is 82.7 cm³/mol. The van der Waals surface area contributed by atoms with E-state index >= 15 is 0 Å². The molecule has 110 valence electrons. The predicted octanol–water partition coefficient (Wildman–Crippen LogP) is 2.94. The zero-order valence-electron chi connectivity index (χ0n) is 12.0. The normalized spacial score (nSPS) is 11.8. The van der Waals surface area contributed by atoms with Crippen LogP contribution in [-0.4, -0.2) is 13.0 Å². The number of benzene rings is 2. The number of amides is 1. The molecule has 0 spiro atoms. The molecule has 0 fully saturated rings. The SMILES string of the molecule is CNC(=O)c1ccc(NC(C)c2ccc(F)cc2)c(N)c1. The van der Waals surface area contributed by atoms with Gasteiger partial charge in [-0.2, -0.15) is 0 Å². The highest BCUT2D eigenvalue weighted by Gasteiger charge is 2.10. The van der Waals surface area contributed by atoms with Crippen LogP contribution in [0.15, 0.2) is 42.5 Å². The molecule has 1 amide bonds. The Bertz CT molecular complexity index is 640. The molecule has 5 heteroatoms. The van der Waals surface area contributed by atoms with Crippen LogP contribution in [0.1, 0.15) is 28.9 Å². The Morgan fingerprint density at radius 2 is 1.86 bits per heavy atom. The molecule has 2 aromatic rings. The zero-order valence-corrected chi connectivity index (χ0v) is 12.0. The molecule has 0 radical (unpaired) electrons. The largest absolute Gasteiger partial charge is 0.397 e. The number of hydrogen-bond donors (Lipinski definition) is 3. The minimum atomic E-state index is -0.264. The summed E-state index contributed by atoms with van der Waals surface area (Å²) in [7, 11) is 1.57. The lowest BCUT2D eigenvalue weighted by molar-refractivity contribution is 0.0963. The lowest BCUT2D eigenvalue weighted by Gasteiger charge is -2.17. The van der Waals surface area contributed by atoms with Crippen molar-refractivity contribution >= 4 is 17.3 Å². The Morgan fingerprint density at radius 3 is 2.43 bits per heavy atom. The second-order valence-electron chi connectivity index (χ2n) is 4.80. The number of nitrogen functional groups attached to an aromatic ring is 1. The van der Waals surface area contributed by atoms with Crippen LogP contribution in [0.3, 0.4) is 0 Å². The van der Waals surface area contributed by atoms with Crippen LogP contribution < -0.4 is 16.4 Å². The van der Waals surface area contributed by atoms with Crippen molar-refractivity contribution in [1.82, 2.24) is 5.32 Å². The summed E-state index contributed by atoms with van der Waals surface area (Å²) in [5.74, 6) is -0.444. The van der Waals surface area contributed by atoms with Gasteiger partial charge in [-0.05, 0) is 42.8 Å². The number of rotatable bonds is 4. The maximum Gasteiger partial charge on any atom is 0.251 e. The fraction of sp³-hybridized carbons (Fsp3) is 0.188. The summed E-state index contributed by atoms with van der Waals surface area (Å²) < 4.78 is 12.9. The summed E-state index contributed by atoms with van der Waals surface area (Å²) in [5, 5.41) is 5.80. The molecule has 0 aromatic heterocycles. The summed E-state index contributed by atoms with van der Waals surface area (Å²) >= 11 is 0. The third kappa shape index (κ3) is 3.51. The molecule has 2 rings (SSSR count). The molecular weight excluding hydrogens is 269 g/mol. The summed E-state index contributed by atoms with van der Waals surface area (Å²) in [6.45, 7) is 1.96. The van der Waals surface area contributed by atoms with Gasteiger partial charge >= 0.3 is 0 Å². The minimum Gasteiger partial charge on any atom is -0.397 e. The molecule has 21 heavy (non-hydrogen) atoms. The number of carbonyl (C=O) groups is 1. The van der Waals surface area contributed by atoms with Gasteiger partial charge in [0.15, 0.2) is 0 Å². The topological polar surface area (TPSA) is 67.2 Å². The molecule has 2 aromatic carbocycles. The van der Waals surface area contributed by atoms with Gasteiger partial charge in [0.05, 0.1) is 11.4 Å². The van der Waals surface area contributed by atoms with Gasteiger partial charge in [-0.25, -0.2) is 4.39 Å². The summed E-state index contributed by atoms with van der Waals surface area (Å²) in [5.41, 5.74) is 8.65. The number of halogens is 1. The first-order valence-corrected chi connectivity index (χ1v) is 6.65. The van der Waals surface area contributed by atoms with Crippen LogP contribution in [0.2, 0.25) is 0 Å². The maximum absolute atomic E-state index is 12.9. The Balaban J connectivity index is 2.15. The van der Waals surface area contributed by atoms with E-state index in [0.717, 1.165) is 11.3 Å². The van der Waals surface area contributed by atoms with Gasteiger partial charge in [0.2, 0.25) is 0 Å². The van der Waals surface area contributed by atoms with Gasteiger partial charge in [0.1, 0.15) is 5.82 Å².